The van der Waals surface area contributed by atoms with Gasteiger partial charge in [-0.3, -0.25) is 0 Å². The van der Waals surface area contributed by atoms with E-state index in [1.165, 1.54) is 7.11 Å². The Kier molecular flexibility index (Phi) is 3.86. The highest BCUT2D eigenvalue weighted by Crippen LogP contribution is 2.36. The average Bonchev–Trinajstić information content (AvgIpc) is 2.02. The Labute approximate surface area is 95.1 Å². The van der Waals surface area contributed by atoms with Gasteiger partial charge >= 0.3 is 0 Å². The number of nitrogens with two attached hydrogens (primary N) is 1. The summed E-state index contributed by atoms with van der Waals surface area (Å²) < 4.78 is 5.09. The lowest BCUT2D eigenvalue weighted by atomic mass is 10.2. The molecule has 1 aromatic rings. The largest absolute Gasteiger partial charge is 0.495 e. The predicted octanol–water partition coefficient (Wildman–Crippen LogP) is 3.35. The summed E-state index contributed by atoms with van der Waals surface area (Å²) in [6, 6.07) is 3.33. The SMILES string of the molecule is COc1c(Cl)cc(Cl)cc1C(N)Br. The fraction of sp³-hybridized carbons (Fsp3) is 0.250. The second-order valence-corrected chi connectivity index (χ2v) is 4.24. The smallest absolute Gasteiger partial charge is 0.143 e. The molecule has 5 heteroatoms. The Hall–Kier alpha value is 0.0400. The van der Waals surface area contributed by atoms with E-state index < -0.39 is 0 Å². The molecule has 1 atom stereocenters. The number of alkyl halides is 1. The van der Waals surface area contributed by atoms with Crippen molar-refractivity contribution in [2.24, 2.45) is 5.73 Å². The van der Waals surface area contributed by atoms with Gasteiger partial charge in [-0.05, 0) is 12.1 Å². The first-order valence-corrected chi connectivity index (χ1v) is 5.16. The van der Waals surface area contributed by atoms with Gasteiger partial charge in [0, 0.05) is 10.6 Å². The van der Waals surface area contributed by atoms with Crippen LogP contribution in [-0.2, 0) is 0 Å². The first kappa shape index (κ1) is 11.1. The third kappa shape index (κ3) is 2.50. The quantitative estimate of drug-likeness (QED) is 0.668. The zero-order chi connectivity index (χ0) is 10.0. The highest BCUT2D eigenvalue weighted by molar-refractivity contribution is 9.09. The minimum absolute atomic E-state index is 0.335. The van der Waals surface area contributed by atoms with E-state index in [-0.39, 0.29) is 4.95 Å². The van der Waals surface area contributed by atoms with Crippen LogP contribution < -0.4 is 10.5 Å². The Morgan fingerprint density at radius 1 is 1.46 bits per heavy atom. The second kappa shape index (κ2) is 4.51. The average molecular weight is 285 g/mol. The molecule has 1 aromatic carbocycles. The van der Waals surface area contributed by atoms with Crippen molar-refractivity contribution in [3.8, 4) is 5.75 Å². The molecule has 0 heterocycles. The summed E-state index contributed by atoms with van der Waals surface area (Å²) in [5.74, 6) is 0.551. The molecule has 0 aromatic heterocycles. The summed E-state index contributed by atoms with van der Waals surface area (Å²) >= 11 is 14.9. The van der Waals surface area contributed by atoms with E-state index in [2.05, 4.69) is 15.9 Å². The van der Waals surface area contributed by atoms with E-state index in [9.17, 15) is 0 Å². The molecule has 0 aliphatic carbocycles. The molecule has 13 heavy (non-hydrogen) atoms. The van der Waals surface area contributed by atoms with Crippen molar-refractivity contribution in [1.29, 1.82) is 0 Å². The standard InChI is InChI=1S/C8H8BrCl2NO/c1-13-7-5(8(9)12)2-4(10)3-6(7)11/h2-3,8H,12H2,1H3. The fourth-order valence-electron chi connectivity index (χ4n) is 1.00. The molecular formula is C8H8BrCl2NO. The van der Waals surface area contributed by atoms with Gasteiger partial charge in [0.2, 0.25) is 0 Å². The topological polar surface area (TPSA) is 35.2 Å². The van der Waals surface area contributed by atoms with Crippen molar-refractivity contribution in [2.75, 3.05) is 7.11 Å². The lowest BCUT2D eigenvalue weighted by Gasteiger charge is -2.12. The Morgan fingerprint density at radius 2 is 2.08 bits per heavy atom. The monoisotopic (exact) mass is 283 g/mol. The summed E-state index contributed by atoms with van der Waals surface area (Å²) in [4.78, 5) is -0.335. The highest BCUT2D eigenvalue weighted by atomic mass is 79.9. The maximum atomic E-state index is 5.89. The third-order valence-electron chi connectivity index (χ3n) is 1.54. The van der Waals surface area contributed by atoms with E-state index in [4.69, 9.17) is 33.7 Å². The highest BCUT2D eigenvalue weighted by Gasteiger charge is 2.13. The van der Waals surface area contributed by atoms with Gasteiger partial charge in [0.1, 0.15) is 5.75 Å². The van der Waals surface area contributed by atoms with Crippen molar-refractivity contribution in [3.05, 3.63) is 27.7 Å². The van der Waals surface area contributed by atoms with Crippen molar-refractivity contribution in [3.63, 3.8) is 0 Å². The molecular weight excluding hydrogens is 277 g/mol. The van der Waals surface area contributed by atoms with Gasteiger partial charge in [-0.15, -0.1) is 0 Å². The van der Waals surface area contributed by atoms with Gasteiger partial charge in [0.15, 0.2) is 0 Å². The summed E-state index contributed by atoms with van der Waals surface area (Å²) in [6.07, 6.45) is 0. The lowest BCUT2D eigenvalue weighted by molar-refractivity contribution is 0.410. The normalized spacial score (nSPS) is 12.7. The molecule has 0 radical (unpaired) electrons. The molecule has 0 amide bonds. The molecule has 0 aliphatic rings. The molecule has 0 bridgehead atoms. The van der Waals surface area contributed by atoms with Crippen LogP contribution in [0.3, 0.4) is 0 Å². The number of rotatable bonds is 2. The zero-order valence-corrected chi connectivity index (χ0v) is 9.95. The molecule has 0 saturated carbocycles. The van der Waals surface area contributed by atoms with Crippen molar-refractivity contribution >= 4 is 39.1 Å². The van der Waals surface area contributed by atoms with Gasteiger partial charge in [-0.1, -0.05) is 39.1 Å². The number of benzene rings is 1. The van der Waals surface area contributed by atoms with E-state index in [0.29, 0.717) is 15.8 Å². The minimum Gasteiger partial charge on any atom is -0.495 e. The van der Waals surface area contributed by atoms with E-state index in [1.807, 2.05) is 0 Å². The molecule has 72 valence electrons. The van der Waals surface area contributed by atoms with Crippen LogP contribution in [0.2, 0.25) is 10.0 Å². The van der Waals surface area contributed by atoms with E-state index >= 15 is 0 Å². The maximum absolute atomic E-state index is 5.89. The third-order valence-corrected chi connectivity index (χ3v) is 2.53. The number of methoxy groups -OCH3 is 1. The fourth-order valence-corrected chi connectivity index (χ4v) is 1.93. The number of hydrogen-bond acceptors (Lipinski definition) is 2. The zero-order valence-electron chi connectivity index (χ0n) is 6.85. The van der Waals surface area contributed by atoms with Gasteiger partial charge in [-0.2, -0.15) is 0 Å². The van der Waals surface area contributed by atoms with Crippen LogP contribution in [0.25, 0.3) is 0 Å². The van der Waals surface area contributed by atoms with Crippen LogP contribution in [0.15, 0.2) is 12.1 Å². The first-order chi connectivity index (χ1) is 6.06. The second-order valence-electron chi connectivity index (χ2n) is 2.41. The first-order valence-electron chi connectivity index (χ1n) is 3.49. The minimum atomic E-state index is -0.335. The molecule has 1 unspecified atom stereocenters. The van der Waals surface area contributed by atoms with Crippen LogP contribution in [0.4, 0.5) is 0 Å². The lowest BCUT2D eigenvalue weighted by Crippen LogP contribution is -2.04. The van der Waals surface area contributed by atoms with E-state index in [0.717, 1.165) is 5.56 Å². The predicted molar refractivity (Wildman–Crippen MR) is 58.9 cm³/mol. The van der Waals surface area contributed by atoms with Crippen molar-refractivity contribution < 1.29 is 4.74 Å². The molecule has 2 N–H and O–H groups in total. The van der Waals surface area contributed by atoms with E-state index in [1.54, 1.807) is 12.1 Å². The molecule has 0 aliphatic heterocycles. The molecule has 0 spiro atoms. The summed E-state index contributed by atoms with van der Waals surface area (Å²) in [6.45, 7) is 0. The van der Waals surface area contributed by atoms with Gasteiger partial charge in [0.05, 0.1) is 17.1 Å². The maximum Gasteiger partial charge on any atom is 0.143 e. The van der Waals surface area contributed by atoms with Gasteiger partial charge in [-0.25, -0.2) is 0 Å². The Balaban J connectivity index is 3.29. The molecule has 1 rings (SSSR count). The molecule has 2 nitrogen and oxygen atoms in total. The van der Waals surface area contributed by atoms with Crippen molar-refractivity contribution in [1.82, 2.24) is 0 Å². The van der Waals surface area contributed by atoms with Crippen LogP contribution >= 0.6 is 39.1 Å². The van der Waals surface area contributed by atoms with Crippen LogP contribution in [-0.4, -0.2) is 7.11 Å². The molecule has 0 fully saturated rings. The number of hydrogen-bond donors (Lipinski definition) is 1. The number of halogens is 3. The number of ether oxygens (including phenoxy) is 1. The summed E-state index contributed by atoms with van der Waals surface area (Å²) in [5, 5.41) is 0.996. The van der Waals surface area contributed by atoms with Crippen molar-refractivity contribution in [2.45, 2.75) is 4.95 Å². The van der Waals surface area contributed by atoms with Crippen LogP contribution in [0.1, 0.15) is 10.5 Å². The Bertz CT molecular complexity index is 317. The summed E-state index contributed by atoms with van der Waals surface area (Å²) in [7, 11) is 1.54. The molecule has 0 saturated heterocycles. The van der Waals surface area contributed by atoms with Gasteiger partial charge < -0.3 is 10.5 Å². The van der Waals surface area contributed by atoms with Gasteiger partial charge in [0.25, 0.3) is 0 Å². The summed E-state index contributed by atoms with van der Waals surface area (Å²) in [5.41, 5.74) is 6.38. The van der Waals surface area contributed by atoms with Crippen LogP contribution in [0, 0.1) is 0 Å². The van der Waals surface area contributed by atoms with Crippen LogP contribution in [0.5, 0.6) is 5.75 Å². The Morgan fingerprint density at radius 3 is 2.54 bits per heavy atom.